The van der Waals surface area contributed by atoms with Crippen LogP contribution in [0.2, 0.25) is 0 Å². The van der Waals surface area contributed by atoms with E-state index < -0.39 is 0 Å². The van der Waals surface area contributed by atoms with Crippen molar-refractivity contribution in [3.05, 3.63) is 70.3 Å². The summed E-state index contributed by atoms with van der Waals surface area (Å²) in [5.74, 6) is -0.221. The van der Waals surface area contributed by atoms with Gasteiger partial charge in [-0.1, -0.05) is 48.9 Å². The van der Waals surface area contributed by atoms with Crippen LogP contribution in [0.5, 0.6) is 0 Å². The minimum atomic E-state index is -0.168. The van der Waals surface area contributed by atoms with Gasteiger partial charge < -0.3 is 4.90 Å². The van der Waals surface area contributed by atoms with Gasteiger partial charge >= 0.3 is 0 Å². The molecule has 2 amide bonds. The molecule has 0 saturated carbocycles. The molecule has 29 heavy (non-hydrogen) atoms. The fourth-order valence-corrected chi connectivity index (χ4v) is 3.52. The molecule has 1 heterocycles. The zero-order chi connectivity index (χ0) is 21.1. The average molecular weight is 392 g/mol. The normalized spacial score (nSPS) is 16.0. The summed E-state index contributed by atoms with van der Waals surface area (Å²) in [6.45, 7) is 8.04. The molecule has 1 aliphatic rings. The van der Waals surface area contributed by atoms with Crippen molar-refractivity contribution in [3.63, 3.8) is 0 Å². The van der Waals surface area contributed by atoms with E-state index in [0.29, 0.717) is 12.8 Å². The van der Waals surface area contributed by atoms with Crippen LogP contribution in [-0.2, 0) is 9.59 Å². The predicted octanol–water partition coefficient (Wildman–Crippen LogP) is 4.16. The Morgan fingerprint density at radius 3 is 2.38 bits per heavy atom. The number of rotatable bonds is 5. The molecule has 0 N–H and O–H groups in total. The molecular weight excluding hydrogens is 362 g/mol. The molecular formula is C24H29N3O2. The van der Waals surface area contributed by atoms with Crippen LogP contribution in [0.4, 0.5) is 0 Å². The minimum Gasteiger partial charge on any atom is -0.336 e. The Balaban J connectivity index is 1.92. The zero-order valence-corrected chi connectivity index (χ0v) is 17.9. The number of carbonyl (C=O) groups is 2. The summed E-state index contributed by atoms with van der Waals surface area (Å²) in [7, 11) is 1.66. The number of amides is 2. The van der Waals surface area contributed by atoms with Gasteiger partial charge in [0.15, 0.2) is 0 Å². The minimum absolute atomic E-state index is 0.0265. The van der Waals surface area contributed by atoms with Crippen molar-refractivity contribution >= 4 is 17.5 Å². The quantitative estimate of drug-likeness (QED) is 0.769. The first-order chi connectivity index (χ1) is 13.8. The first-order valence-electron chi connectivity index (χ1n) is 10.1. The van der Waals surface area contributed by atoms with Gasteiger partial charge in [-0.3, -0.25) is 9.59 Å². The smallest absolute Gasteiger partial charge is 0.262 e. The van der Waals surface area contributed by atoms with Gasteiger partial charge in [0.2, 0.25) is 5.91 Å². The summed E-state index contributed by atoms with van der Waals surface area (Å²) in [6, 6.07) is 14.3. The molecule has 0 saturated heterocycles. The molecule has 5 nitrogen and oxygen atoms in total. The fraction of sp³-hybridized carbons (Fsp3) is 0.375. The summed E-state index contributed by atoms with van der Waals surface area (Å²) in [4.78, 5) is 26.4. The van der Waals surface area contributed by atoms with Gasteiger partial charge in [-0.2, -0.15) is 5.10 Å². The lowest BCUT2D eigenvalue weighted by molar-refractivity contribution is -0.140. The fourth-order valence-electron chi connectivity index (χ4n) is 3.52. The summed E-state index contributed by atoms with van der Waals surface area (Å²) < 4.78 is 0. The highest BCUT2D eigenvalue weighted by molar-refractivity contribution is 6.03. The highest BCUT2D eigenvalue weighted by Crippen LogP contribution is 2.33. The van der Waals surface area contributed by atoms with Crippen molar-refractivity contribution in [1.29, 1.82) is 0 Å². The van der Waals surface area contributed by atoms with Crippen molar-refractivity contribution in [2.45, 2.75) is 46.6 Å². The van der Waals surface area contributed by atoms with E-state index in [1.165, 1.54) is 21.6 Å². The molecule has 2 aromatic rings. The highest BCUT2D eigenvalue weighted by Gasteiger charge is 2.33. The lowest BCUT2D eigenvalue weighted by Crippen LogP contribution is -2.38. The predicted molar refractivity (Wildman–Crippen MR) is 116 cm³/mol. The van der Waals surface area contributed by atoms with Crippen LogP contribution in [0.25, 0.3) is 0 Å². The number of carbonyl (C=O) groups excluding carboxylic acids is 2. The summed E-state index contributed by atoms with van der Waals surface area (Å²) in [5, 5.41) is 6.27. The summed E-state index contributed by atoms with van der Waals surface area (Å²) in [5.41, 5.74) is 6.60. The zero-order valence-electron chi connectivity index (χ0n) is 17.9. The molecule has 5 heteroatoms. The topological polar surface area (TPSA) is 53.0 Å². The van der Waals surface area contributed by atoms with Gasteiger partial charge in [0, 0.05) is 19.9 Å². The first kappa shape index (κ1) is 20.8. The largest absolute Gasteiger partial charge is 0.336 e. The second kappa shape index (κ2) is 8.60. The van der Waals surface area contributed by atoms with E-state index in [1.807, 2.05) is 6.92 Å². The van der Waals surface area contributed by atoms with Gasteiger partial charge in [-0.05, 0) is 49.1 Å². The van der Waals surface area contributed by atoms with Crippen molar-refractivity contribution < 1.29 is 9.59 Å². The van der Waals surface area contributed by atoms with Crippen LogP contribution in [0.3, 0.4) is 0 Å². The summed E-state index contributed by atoms with van der Waals surface area (Å²) in [6.07, 6.45) is 1.03. The molecule has 2 aromatic carbocycles. The number of benzene rings is 2. The van der Waals surface area contributed by atoms with E-state index in [1.54, 1.807) is 19.0 Å². The molecule has 1 atom stereocenters. The van der Waals surface area contributed by atoms with Crippen molar-refractivity contribution in [1.82, 2.24) is 9.91 Å². The van der Waals surface area contributed by atoms with Crippen LogP contribution in [-0.4, -0.2) is 41.0 Å². The van der Waals surface area contributed by atoms with Crippen molar-refractivity contribution in [3.8, 4) is 0 Å². The Bertz CT molecular complexity index is 947. The number of aryl methyl sites for hydroxylation is 3. The molecule has 1 unspecified atom stereocenters. The van der Waals surface area contributed by atoms with Crippen LogP contribution >= 0.6 is 0 Å². The number of likely N-dealkylation sites (N-methyl/N-ethyl adjacent to an activating group) is 1. The van der Waals surface area contributed by atoms with Gasteiger partial charge in [0.1, 0.15) is 6.54 Å². The number of hydrogen-bond acceptors (Lipinski definition) is 3. The molecule has 1 aliphatic heterocycles. The van der Waals surface area contributed by atoms with Crippen molar-refractivity contribution in [2.75, 3.05) is 13.6 Å². The number of nitrogens with zero attached hydrogens (tertiary/aromatic N) is 3. The van der Waals surface area contributed by atoms with Crippen LogP contribution < -0.4 is 0 Å². The van der Waals surface area contributed by atoms with E-state index in [2.05, 4.69) is 56.3 Å². The lowest BCUT2D eigenvalue weighted by atomic mass is 9.96. The van der Waals surface area contributed by atoms with E-state index in [0.717, 1.165) is 16.8 Å². The third kappa shape index (κ3) is 4.56. The Morgan fingerprint density at radius 2 is 1.76 bits per heavy atom. The van der Waals surface area contributed by atoms with Crippen molar-refractivity contribution in [2.24, 2.45) is 5.10 Å². The van der Waals surface area contributed by atoms with E-state index >= 15 is 0 Å². The maximum absolute atomic E-state index is 13.0. The molecule has 0 bridgehead atoms. The van der Waals surface area contributed by atoms with Crippen LogP contribution in [0.15, 0.2) is 47.6 Å². The number of hydrogen-bond donors (Lipinski definition) is 0. The molecule has 0 aromatic heterocycles. The molecule has 3 rings (SSSR count). The Kier molecular flexibility index (Phi) is 6.16. The van der Waals surface area contributed by atoms with Gasteiger partial charge in [-0.15, -0.1) is 0 Å². The summed E-state index contributed by atoms with van der Waals surface area (Å²) >= 11 is 0. The lowest BCUT2D eigenvalue weighted by Gasteiger charge is -2.24. The molecule has 0 fully saturated rings. The maximum Gasteiger partial charge on any atom is 0.262 e. The third-order valence-corrected chi connectivity index (χ3v) is 5.57. The van der Waals surface area contributed by atoms with Gasteiger partial charge in [-0.25, -0.2) is 5.01 Å². The molecule has 152 valence electrons. The first-order valence-corrected chi connectivity index (χ1v) is 10.1. The van der Waals surface area contributed by atoms with E-state index in [-0.39, 0.29) is 24.4 Å². The monoisotopic (exact) mass is 391 g/mol. The Hall–Kier alpha value is -2.95. The van der Waals surface area contributed by atoms with Crippen LogP contribution in [0.1, 0.15) is 53.6 Å². The van der Waals surface area contributed by atoms with Crippen LogP contribution in [0, 0.1) is 20.8 Å². The molecule has 0 aliphatic carbocycles. The molecule has 0 radical (unpaired) electrons. The van der Waals surface area contributed by atoms with E-state index in [9.17, 15) is 9.59 Å². The van der Waals surface area contributed by atoms with Gasteiger partial charge in [0.25, 0.3) is 5.91 Å². The Morgan fingerprint density at radius 1 is 1.07 bits per heavy atom. The number of hydrazone groups is 1. The SMILES string of the molecule is CCC(=O)N(C)CC(=O)N1N=C(c2ccc(C)c(C)c2)CC1c1ccc(C)cc1. The second-order valence-electron chi connectivity index (χ2n) is 7.82. The highest BCUT2D eigenvalue weighted by atomic mass is 16.2. The standard InChI is InChI=1S/C24H29N3O2/c1-6-23(28)26(5)15-24(29)27-22(19-10-7-16(2)8-11-19)14-21(25-27)20-12-9-17(3)18(4)13-20/h7-13,22H,6,14-15H2,1-5H3. The van der Waals surface area contributed by atoms with E-state index in [4.69, 9.17) is 5.10 Å². The molecule has 0 spiro atoms. The van der Waals surface area contributed by atoms with Gasteiger partial charge in [0.05, 0.1) is 11.8 Å². The Labute approximate surface area is 173 Å². The second-order valence-corrected chi connectivity index (χ2v) is 7.82. The average Bonchev–Trinajstić information content (AvgIpc) is 3.15. The maximum atomic E-state index is 13.0. The third-order valence-electron chi connectivity index (χ3n) is 5.57.